The largest absolute Gasteiger partial charge is 0.384 e. The van der Waals surface area contributed by atoms with Crippen molar-refractivity contribution in [2.24, 2.45) is 5.41 Å². The van der Waals surface area contributed by atoms with Crippen LogP contribution in [0, 0.1) is 5.41 Å². The summed E-state index contributed by atoms with van der Waals surface area (Å²) in [6, 6.07) is 13.5. The van der Waals surface area contributed by atoms with Crippen molar-refractivity contribution in [3.05, 3.63) is 59.8 Å². The first-order valence-electron chi connectivity index (χ1n) is 9.49. The van der Waals surface area contributed by atoms with Crippen LogP contribution in [0.3, 0.4) is 0 Å². The zero-order chi connectivity index (χ0) is 19.6. The number of anilines is 1. The van der Waals surface area contributed by atoms with Gasteiger partial charge in [0.2, 0.25) is 5.91 Å². The van der Waals surface area contributed by atoms with Gasteiger partial charge in [-0.1, -0.05) is 30.3 Å². The van der Waals surface area contributed by atoms with Crippen LogP contribution in [0.5, 0.6) is 0 Å². The third-order valence-electron chi connectivity index (χ3n) is 5.44. The van der Waals surface area contributed by atoms with Gasteiger partial charge < -0.3 is 16.0 Å². The molecule has 1 atom stereocenters. The van der Waals surface area contributed by atoms with E-state index in [1.807, 2.05) is 42.1 Å². The van der Waals surface area contributed by atoms with Gasteiger partial charge in [-0.05, 0) is 36.3 Å². The van der Waals surface area contributed by atoms with Gasteiger partial charge in [-0.2, -0.15) is 11.8 Å². The van der Waals surface area contributed by atoms with E-state index >= 15 is 0 Å². The smallest absolute Gasteiger partial charge is 0.255 e. The van der Waals surface area contributed by atoms with E-state index in [-0.39, 0.29) is 17.9 Å². The Hall–Kier alpha value is -2.54. The highest BCUT2D eigenvalue weighted by molar-refractivity contribution is 7.99. The fourth-order valence-corrected chi connectivity index (χ4v) is 5.00. The van der Waals surface area contributed by atoms with Crippen LogP contribution >= 0.6 is 11.8 Å². The fourth-order valence-electron chi connectivity index (χ4n) is 3.85. The number of amides is 2. The molecule has 0 radical (unpaired) electrons. The minimum Gasteiger partial charge on any atom is -0.384 e. The number of nitrogen functional groups attached to an aromatic ring is 1. The first kappa shape index (κ1) is 18.8. The summed E-state index contributed by atoms with van der Waals surface area (Å²) in [6.45, 7) is 0.827. The molecule has 2 saturated heterocycles. The van der Waals surface area contributed by atoms with Gasteiger partial charge in [0.25, 0.3) is 5.91 Å². The third-order valence-corrected chi connectivity index (χ3v) is 6.60. The summed E-state index contributed by atoms with van der Waals surface area (Å²) in [5.74, 6) is 2.38. The molecule has 28 heavy (non-hydrogen) atoms. The molecule has 2 fully saturated rings. The van der Waals surface area contributed by atoms with E-state index in [1.165, 1.54) is 6.20 Å². The highest BCUT2D eigenvalue weighted by Gasteiger charge is 2.51. The van der Waals surface area contributed by atoms with Crippen LogP contribution in [0.15, 0.2) is 48.7 Å². The molecule has 3 N–H and O–H groups in total. The zero-order valence-electron chi connectivity index (χ0n) is 15.6. The summed E-state index contributed by atoms with van der Waals surface area (Å²) in [4.78, 5) is 31.6. The average Bonchev–Trinajstić information content (AvgIpc) is 3.18. The van der Waals surface area contributed by atoms with E-state index < -0.39 is 5.41 Å². The van der Waals surface area contributed by atoms with Crippen molar-refractivity contribution in [3.8, 4) is 0 Å². The molecule has 1 unspecified atom stereocenters. The van der Waals surface area contributed by atoms with E-state index in [0.717, 1.165) is 23.5 Å². The number of likely N-dealkylation sites (tertiary alicyclic amines) is 1. The molecule has 3 heterocycles. The second-order valence-electron chi connectivity index (χ2n) is 7.61. The Balaban J connectivity index is 1.49. The molecule has 1 aromatic carbocycles. The van der Waals surface area contributed by atoms with Crippen LogP contribution in [-0.4, -0.2) is 52.3 Å². The highest BCUT2D eigenvalue weighted by Crippen LogP contribution is 2.36. The monoisotopic (exact) mass is 396 g/mol. The summed E-state index contributed by atoms with van der Waals surface area (Å²) < 4.78 is 0. The van der Waals surface area contributed by atoms with Crippen molar-refractivity contribution in [2.45, 2.75) is 18.9 Å². The lowest BCUT2D eigenvalue weighted by Gasteiger charge is -2.49. The summed E-state index contributed by atoms with van der Waals surface area (Å²) >= 11 is 1.87. The summed E-state index contributed by atoms with van der Waals surface area (Å²) in [5, 5.41) is 3.22. The summed E-state index contributed by atoms with van der Waals surface area (Å²) in [7, 11) is 0. The van der Waals surface area contributed by atoms with Crippen molar-refractivity contribution >= 4 is 29.4 Å². The Morgan fingerprint density at radius 2 is 2.00 bits per heavy atom. The van der Waals surface area contributed by atoms with Crippen LogP contribution in [0.4, 0.5) is 5.82 Å². The van der Waals surface area contributed by atoms with Crippen molar-refractivity contribution < 1.29 is 9.59 Å². The second-order valence-corrected chi connectivity index (χ2v) is 8.76. The molecule has 4 rings (SSSR count). The molecule has 2 aliphatic rings. The van der Waals surface area contributed by atoms with Crippen molar-refractivity contribution in [3.63, 3.8) is 0 Å². The maximum absolute atomic E-state index is 13.2. The van der Waals surface area contributed by atoms with Crippen molar-refractivity contribution in [2.75, 3.05) is 30.3 Å². The van der Waals surface area contributed by atoms with E-state index in [4.69, 9.17) is 5.73 Å². The number of carbonyl (C=O) groups is 2. The Morgan fingerprint density at radius 3 is 2.64 bits per heavy atom. The molecule has 2 aliphatic heterocycles. The molecule has 2 amide bonds. The predicted molar refractivity (Wildman–Crippen MR) is 111 cm³/mol. The molecule has 2 aromatic rings. The second kappa shape index (κ2) is 7.83. The van der Waals surface area contributed by atoms with Crippen LogP contribution in [0.25, 0.3) is 0 Å². The average molecular weight is 397 g/mol. The minimum atomic E-state index is -0.578. The lowest BCUT2D eigenvalue weighted by Crippen LogP contribution is -2.66. The minimum absolute atomic E-state index is 0.0586. The topological polar surface area (TPSA) is 88.3 Å². The number of rotatable bonds is 5. The Labute approximate surface area is 168 Å². The molecule has 1 aromatic heterocycles. The van der Waals surface area contributed by atoms with Gasteiger partial charge in [-0.3, -0.25) is 9.59 Å². The predicted octanol–water partition coefficient (Wildman–Crippen LogP) is 1.97. The number of hydrogen-bond donors (Lipinski definition) is 2. The summed E-state index contributed by atoms with van der Waals surface area (Å²) in [6.07, 6.45) is 3.13. The van der Waals surface area contributed by atoms with Crippen LogP contribution in [-0.2, 0) is 11.2 Å². The van der Waals surface area contributed by atoms with E-state index in [2.05, 4.69) is 10.3 Å². The quantitative estimate of drug-likeness (QED) is 0.807. The molecule has 7 heteroatoms. The standard InChI is InChI=1S/C21H24N4O2S/c22-18-7-6-16(11-23-18)19(26)25-13-21(14-25,10-15-4-2-1-3-5-15)20(27)24-17-8-9-28-12-17/h1-7,11,17H,8-10,12-14H2,(H2,22,23)(H,24,27). The zero-order valence-corrected chi connectivity index (χ0v) is 16.5. The first-order chi connectivity index (χ1) is 13.6. The third kappa shape index (κ3) is 3.85. The van der Waals surface area contributed by atoms with Crippen LogP contribution in [0.2, 0.25) is 0 Å². The fraction of sp³-hybridized carbons (Fsp3) is 0.381. The van der Waals surface area contributed by atoms with Gasteiger partial charge in [0.1, 0.15) is 5.82 Å². The van der Waals surface area contributed by atoms with Gasteiger partial charge in [-0.25, -0.2) is 4.98 Å². The molecule has 0 spiro atoms. The number of nitrogens with two attached hydrogens (primary N) is 1. The lowest BCUT2D eigenvalue weighted by atomic mass is 9.73. The molecule has 0 bridgehead atoms. The number of benzene rings is 1. The lowest BCUT2D eigenvalue weighted by molar-refractivity contribution is -0.140. The molecule has 6 nitrogen and oxygen atoms in total. The number of thioether (sulfide) groups is 1. The van der Waals surface area contributed by atoms with Gasteiger partial charge in [0.15, 0.2) is 0 Å². The SMILES string of the molecule is Nc1ccc(C(=O)N2CC(Cc3ccccc3)(C(=O)NC3CCSC3)C2)cn1. The Morgan fingerprint density at radius 1 is 1.21 bits per heavy atom. The number of nitrogens with zero attached hydrogens (tertiary/aromatic N) is 2. The van der Waals surface area contributed by atoms with Gasteiger partial charge in [0.05, 0.1) is 11.0 Å². The number of hydrogen-bond acceptors (Lipinski definition) is 5. The number of aromatic nitrogens is 1. The normalized spacial score (nSPS) is 20.4. The van der Waals surface area contributed by atoms with Crippen LogP contribution in [0.1, 0.15) is 22.3 Å². The molecule has 146 valence electrons. The first-order valence-corrected chi connectivity index (χ1v) is 10.6. The maximum atomic E-state index is 13.2. The van der Waals surface area contributed by atoms with Crippen molar-refractivity contribution in [1.82, 2.24) is 15.2 Å². The van der Waals surface area contributed by atoms with Gasteiger partial charge in [0, 0.05) is 31.1 Å². The maximum Gasteiger partial charge on any atom is 0.255 e. The Kier molecular flexibility index (Phi) is 5.26. The van der Waals surface area contributed by atoms with E-state index in [0.29, 0.717) is 30.9 Å². The Bertz CT molecular complexity index is 844. The number of carbonyl (C=O) groups excluding carboxylic acids is 2. The number of pyridine rings is 1. The molecule has 0 saturated carbocycles. The van der Waals surface area contributed by atoms with Crippen LogP contribution < -0.4 is 11.1 Å². The van der Waals surface area contributed by atoms with E-state index in [9.17, 15) is 9.59 Å². The number of nitrogens with one attached hydrogen (secondary N) is 1. The van der Waals surface area contributed by atoms with Crippen molar-refractivity contribution in [1.29, 1.82) is 0 Å². The van der Waals surface area contributed by atoms with E-state index in [1.54, 1.807) is 17.0 Å². The van der Waals surface area contributed by atoms with Gasteiger partial charge in [-0.15, -0.1) is 0 Å². The highest BCUT2D eigenvalue weighted by atomic mass is 32.2. The molecular weight excluding hydrogens is 372 g/mol. The summed E-state index contributed by atoms with van der Waals surface area (Å²) in [5.41, 5.74) is 6.63. The molecular formula is C21H24N4O2S. The van der Waals surface area contributed by atoms with Gasteiger partial charge >= 0.3 is 0 Å². The molecule has 0 aliphatic carbocycles.